The van der Waals surface area contributed by atoms with E-state index in [9.17, 15) is 13.6 Å². The van der Waals surface area contributed by atoms with Gasteiger partial charge in [0.15, 0.2) is 5.82 Å². The van der Waals surface area contributed by atoms with Crippen LogP contribution in [0.3, 0.4) is 0 Å². The number of carbonyl (C=O) groups excluding carboxylic acids is 1. The highest BCUT2D eigenvalue weighted by Crippen LogP contribution is 2.25. The van der Waals surface area contributed by atoms with Gasteiger partial charge in [0.2, 0.25) is 0 Å². The van der Waals surface area contributed by atoms with Gasteiger partial charge in [-0.1, -0.05) is 11.6 Å². The zero-order valence-corrected chi connectivity index (χ0v) is 12.1. The molecule has 0 saturated carbocycles. The third-order valence-electron chi connectivity index (χ3n) is 2.61. The molecule has 112 valence electrons. The lowest BCUT2D eigenvalue weighted by molar-refractivity contribution is 0.102. The van der Waals surface area contributed by atoms with Crippen LogP contribution in [0.15, 0.2) is 30.3 Å². The molecule has 0 radical (unpaired) electrons. The van der Waals surface area contributed by atoms with Gasteiger partial charge in [0.1, 0.15) is 11.5 Å². The number of anilines is 3. The number of nitrogen functional groups attached to an aromatic ring is 2. The number of benzene rings is 2. The first kappa shape index (κ1) is 17.0. The first-order valence-corrected chi connectivity index (χ1v) is 5.88. The van der Waals surface area contributed by atoms with Crippen LogP contribution >= 0.6 is 24.0 Å². The van der Waals surface area contributed by atoms with Gasteiger partial charge in [-0.2, -0.15) is 0 Å². The van der Waals surface area contributed by atoms with Gasteiger partial charge < -0.3 is 16.8 Å². The lowest BCUT2D eigenvalue weighted by Crippen LogP contribution is -2.14. The van der Waals surface area contributed by atoms with E-state index in [1.54, 1.807) is 0 Å². The monoisotopic (exact) mass is 333 g/mol. The van der Waals surface area contributed by atoms with Crippen LogP contribution in [0.5, 0.6) is 0 Å². The Hall–Kier alpha value is -2.05. The fraction of sp³-hybridized carbons (Fsp3) is 0. The Balaban J connectivity index is 0.00000220. The van der Waals surface area contributed by atoms with E-state index in [0.717, 1.165) is 12.1 Å². The number of amides is 1. The van der Waals surface area contributed by atoms with Gasteiger partial charge in [-0.25, -0.2) is 8.78 Å². The maximum Gasteiger partial charge on any atom is 0.257 e. The van der Waals surface area contributed by atoms with E-state index in [1.807, 2.05) is 0 Å². The zero-order valence-electron chi connectivity index (χ0n) is 10.5. The van der Waals surface area contributed by atoms with Gasteiger partial charge in [-0.05, 0) is 30.3 Å². The highest BCUT2D eigenvalue weighted by molar-refractivity contribution is 6.34. The summed E-state index contributed by atoms with van der Waals surface area (Å²) < 4.78 is 26.7. The zero-order chi connectivity index (χ0) is 14.9. The summed E-state index contributed by atoms with van der Waals surface area (Å²) in [5, 5.41) is 2.42. The Morgan fingerprint density at radius 3 is 2.48 bits per heavy atom. The molecule has 0 unspecified atom stereocenters. The molecule has 0 aliphatic carbocycles. The second-order valence-electron chi connectivity index (χ2n) is 4.02. The fourth-order valence-corrected chi connectivity index (χ4v) is 1.78. The predicted molar refractivity (Wildman–Crippen MR) is 81.8 cm³/mol. The van der Waals surface area contributed by atoms with Crippen LogP contribution in [0, 0.1) is 11.6 Å². The molecule has 1 amide bonds. The quantitative estimate of drug-likeness (QED) is 0.736. The maximum atomic E-state index is 13.7. The second kappa shape index (κ2) is 6.60. The maximum absolute atomic E-state index is 13.7. The van der Waals surface area contributed by atoms with Crippen molar-refractivity contribution in [2.75, 3.05) is 16.8 Å². The van der Waals surface area contributed by atoms with Crippen LogP contribution in [-0.2, 0) is 0 Å². The fourth-order valence-electron chi connectivity index (χ4n) is 1.57. The summed E-state index contributed by atoms with van der Waals surface area (Å²) in [6, 6.07) is 6.34. The van der Waals surface area contributed by atoms with Crippen molar-refractivity contribution in [2.24, 2.45) is 0 Å². The third-order valence-corrected chi connectivity index (χ3v) is 2.94. The van der Waals surface area contributed by atoms with Crippen molar-refractivity contribution in [1.82, 2.24) is 0 Å². The van der Waals surface area contributed by atoms with Gasteiger partial charge in [-0.15, -0.1) is 12.4 Å². The highest BCUT2D eigenvalue weighted by atomic mass is 35.5. The first-order chi connectivity index (χ1) is 9.40. The Bertz CT molecular complexity index is 695. The van der Waals surface area contributed by atoms with E-state index >= 15 is 0 Å². The number of carbonyl (C=O) groups is 1. The third kappa shape index (κ3) is 3.53. The molecular weight excluding hydrogens is 323 g/mol. The molecule has 5 N–H and O–H groups in total. The summed E-state index contributed by atoms with van der Waals surface area (Å²) in [5.74, 6) is -2.62. The van der Waals surface area contributed by atoms with E-state index in [-0.39, 0.29) is 28.7 Å². The molecule has 0 saturated heterocycles. The van der Waals surface area contributed by atoms with Crippen LogP contribution in [-0.4, -0.2) is 5.91 Å². The number of rotatable bonds is 2. The minimum atomic E-state index is -1.04. The number of halogens is 4. The van der Waals surface area contributed by atoms with Gasteiger partial charge in [-0.3, -0.25) is 4.79 Å². The number of hydrogen-bond donors (Lipinski definition) is 3. The number of hydrogen-bond acceptors (Lipinski definition) is 3. The van der Waals surface area contributed by atoms with Gasteiger partial charge >= 0.3 is 0 Å². The van der Waals surface area contributed by atoms with Crippen LogP contribution in [0.1, 0.15) is 10.4 Å². The molecule has 2 aromatic rings. The molecule has 21 heavy (non-hydrogen) atoms. The summed E-state index contributed by atoms with van der Waals surface area (Å²) in [7, 11) is 0. The SMILES string of the molecule is Cl.Nc1ccc(Cl)c(C(=O)Nc2ccc(F)c(N)c2F)c1. The van der Waals surface area contributed by atoms with Crippen LogP contribution in [0.25, 0.3) is 0 Å². The van der Waals surface area contributed by atoms with Crippen molar-refractivity contribution in [2.45, 2.75) is 0 Å². The number of nitrogens with two attached hydrogens (primary N) is 2. The molecule has 0 bridgehead atoms. The molecule has 0 fully saturated rings. The van der Waals surface area contributed by atoms with Crippen molar-refractivity contribution in [3.63, 3.8) is 0 Å². The molecule has 0 aliphatic rings. The summed E-state index contributed by atoms with van der Waals surface area (Å²) in [6.07, 6.45) is 0. The predicted octanol–water partition coefficient (Wildman–Crippen LogP) is 3.46. The topological polar surface area (TPSA) is 81.1 Å². The van der Waals surface area contributed by atoms with E-state index < -0.39 is 23.2 Å². The Kier molecular flexibility index (Phi) is 5.34. The molecule has 0 atom stereocenters. The van der Waals surface area contributed by atoms with E-state index in [2.05, 4.69) is 5.32 Å². The molecule has 4 nitrogen and oxygen atoms in total. The number of nitrogens with one attached hydrogen (secondary N) is 1. The minimum absolute atomic E-state index is 0. The molecule has 0 heterocycles. The standard InChI is InChI=1S/C13H10ClF2N3O.ClH/c14-8-2-1-6(17)5-7(8)13(20)19-10-4-3-9(15)12(18)11(10)16;/h1-5H,17-18H2,(H,19,20);1H. The minimum Gasteiger partial charge on any atom is -0.399 e. The van der Waals surface area contributed by atoms with E-state index in [0.29, 0.717) is 5.69 Å². The molecule has 2 rings (SSSR count). The lowest BCUT2D eigenvalue weighted by atomic mass is 10.1. The molecule has 0 aromatic heterocycles. The molecule has 8 heteroatoms. The molecular formula is C13H11Cl2F2N3O. The summed E-state index contributed by atoms with van der Waals surface area (Å²) in [6.45, 7) is 0. The summed E-state index contributed by atoms with van der Waals surface area (Å²) in [4.78, 5) is 12.0. The average molecular weight is 334 g/mol. The van der Waals surface area contributed by atoms with Crippen molar-refractivity contribution >= 4 is 47.0 Å². The van der Waals surface area contributed by atoms with E-state index in [4.69, 9.17) is 23.1 Å². The normalized spacial score (nSPS) is 9.86. The second-order valence-corrected chi connectivity index (χ2v) is 4.42. The van der Waals surface area contributed by atoms with Gasteiger partial charge in [0, 0.05) is 5.69 Å². The lowest BCUT2D eigenvalue weighted by Gasteiger charge is -2.10. The average Bonchev–Trinajstić information content (AvgIpc) is 2.42. The van der Waals surface area contributed by atoms with Crippen molar-refractivity contribution in [3.05, 3.63) is 52.6 Å². The van der Waals surface area contributed by atoms with Gasteiger partial charge in [0.05, 0.1) is 16.3 Å². The highest BCUT2D eigenvalue weighted by Gasteiger charge is 2.16. The summed E-state index contributed by atoms with van der Waals surface area (Å²) >= 11 is 5.86. The Labute approximate surface area is 130 Å². The smallest absolute Gasteiger partial charge is 0.257 e. The summed E-state index contributed by atoms with van der Waals surface area (Å²) in [5.41, 5.74) is 10.3. The molecule has 2 aromatic carbocycles. The van der Waals surface area contributed by atoms with Crippen LogP contribution in [0.4, 0.5) is 25.8 Å². The Morgan fingerprint density at radius 2 is 1.81 bits per heavy atom. The molecule has 0 aliphatic heterocycles. The van der Waals surface area contributed by atoms with Gasteiger partial charge in [0.25, 0.3) is 5.91 Å². The largest absolute Gasteiger partial charge is 0.399 e. The van der Waals surface area contributed by atoms with Crippen molar-refractivity contribution in [3.8, 4) is 0 Å². The first-order valence-electron chi connectivity index (χ1n) is 5.50. The molecule has 0 spiro atoms. The van der Waals surface area contributed by atoms with Crippen LogP contribution in [0.2, 0.25) is 5.02 Å². The Morgan fingerprint density at radius 1 is 1.14 bits per heavy atom. The van der Waals surface area contributed by atoms with Crippen molar-refractivity contribution < 1.29 is 13.6 Å². The van der Waals surface area contributed by atoms with E-state index in [1.165, 1.54) is 18.2 Å². The van der Waals surface area contributed by atoms with Crippen molar-refractivity contribution in [1.29, 1.82) is 0 Å². The van der Waals surface area contributed by atoms with Crippen LogP contribution < -0.4 is 16.8 Å².